The summed E-state index contributed by atoms with van der Waals surface area (Å²) in [5.74, 6) is 0.0485. The molecule has 1 heterocycles. The van der Waals surface area contributed by atoms with E-state index in [-0.39, 0.29) is 17.0 Å². The van der Waals surface area contributed by atoms with Gasteiger partial charge in [0.25, 0.3) is 5.91 Å². The maximum Gasteiger partial charge on any atom is 0.254 e. The van der Waals surface area contributed by atoms with E-state index in [1.54, 1.807) is 24.5 Å². The summed E-state index contributed by atoms with van der Waals surface area (Å²) in [6.07, 6.45) is 3.30. The molecule has 1 aromatic heterocycles. The standard InChI is InChI=1S/C14H22N2O/c1-13(2,3)16(14(4,5)6)12(17)11-7-9-15-10-8-11/h7-10H,1-6H3. The fourth-order valence-corrected chi connectivity index (χ4v) is 2.24. The van der Waals surface area contributed by atoms with E-state index in [0.29, 0.717) is 5.56 Å². The van der Waals surface area contributed by atoms with E-state index in [0.717, 1.165) is 0 Å². The van der Waals surface area contributed by atoms with Gasteiger partial charge in [0.2, 0.25) is 0 Å². The second kappa shape index (κ2) is 4.47. The Morgan fingerprint density at radius 2 is 1.41 bits per heavy atom. The highest BCUT2D eigenvalue weighted by atomic mass is 16.2. The number of nitrogens with zero attached hydrogens (tertiary/aromatic N) is 2. The summed E-state index contributed by atoms with van der Waals surface area (Å²) in [6, 6.07) is 3.51. The van der Waals surface area contributed by atoms with E-state index < -0.39 is 0 Å². The molecule has 17 heavy (non-hydrogen) atoms. The van der Waals surface area contributed by atoms with Crippen LogP contribution in [0.1, 0.15) is 51.9 Å². The van der Waals surface area contributed by atoms with Crippen molar-refractivity contribution < 1.29 is 4.79 Å². The van der Waals surface area contributed by atoms with E-state index in [1.165, 1.54) is 0 Å². The minimum atomic E-state index is -0.210. The number of carbonyl (C=O) groups excluding carboxylic acids is 1. The van der Waals surface area contributed by atoms with Gasteiger partial charge in [0.15, 0.2) is 0 Å². The maximum absolute atomic E-state index is 12.5. The Morgan fingerprint density at radius 3 is 1.76 bits per heavy atom. The molecule has 0 bridgehead atoms. The van der Waals surface area contributed by atoms with Gasteiger partial charge in [-0.2, -0.15) is 0 Å². The van der Waals surface area contributed by atoms with Crippen molar-refractivity contribution in [2.75, 3.05) is 0 Å². The van der Waals surface area contributed by atoms with E-state index in [4.69, 9.17) is 0 Å². The number of carbonyl (C=O) groups is 1. The van der Waals surface area contributed by atoms with E-state index >= 15 is 0 Å². The second-order valence-corrected chi connectivity index (χ2v) is 6.22. The van der Waals surface area contributed by atoms with E-state index in [1.807, 2.05) is 4.90 Å². The predicted molar refractivity (Wildman–Crippen MR) is 69.9 cm³/mol. The van der Waals surface area contributed by atoms with Crippen LogP contribution in [0.15, 0.2) is 24.5 Å². The second-order valence-electron chi connectivity index (χ2n) is 6.22. The van der Waals surface area contributed by atoms with Gasteiger partial charge in [-0.1, -0.05) is 0 Å². The molecule has 3 nitrogen and oxygen atoms in total. The van der Waals surface area contributed by atoms with Crippen molar-refractivity contribution in [1.82, 2.24) is 9.88 Å². The van der Waals surface area contributed by atoms with Gasteiger partial charge in [0.1, 0.15) is 0 Å². The van der Waals surface area contributed by atoms with Gasteiger partial charge >= 0.3 is 0 Å². The first-order valence-corrected chi connectivity index (χ1v) is 5.89. The van der Waals surface area contributed by atoms with E-state index in [2.05, 4.69) is 46.5 Å². The molecule has 1 aromatic rings. The summed E-state index contributed by atoms with van der Waals surface area (Å²) in [7, 11) is 0. The highest BCUT2D eigenvalue weighted by Crippen LogP contribution is 2.26. The summed E-state index contributed by atoms with van der Waals surface area (Å²) in [6.45, 7) is 12.3. The van der Waals surface area contributed by atoms with Crippen molar-refractivity contribution in [3.05, 3.63) is 30.1 Å². The first-order valence-electron chi connectivity index (χ1n) is 5.89. The van der Waals surface area contributed by atoms with Crippen LogP contribution in [0.25, 0.3) is 0 Å². The molecule has 0 saturated heterocycles. The van der Waals surface area contributed by atoms with Crippen molar-refractivity contribution >= 4 is 5.91 Å². The number of hydrogen-bond donors (Lipinski definition) is 0. The molecule has 0 fully saturated rings. The molecule has 0 unspecified atom stereocenters. The van der Waals surface area contributed by atoms with Crippen molar-refractivity contribution in [1.29, 1.82) is 0 Å². The van der Waals surface area contributed by atoms with Gasteiger partial charge in [-0.3, -0.25) is 9.78 Å². The zero-order valence-corrected chi connectivity index (χ0v) is 11.6. The van der Waals surface area contributed by atoms with Crippen LogP contribution in [0.2, 0.25) is 0 Å². The third-order valence-electron chi connectivity index (χ3n) is 2.47. The highest BCUT2D eigenvalue weighted by molar-refractivity contribution is 5.95. The Morgan fingerprint density at radius 1 is 1.00 bits per heavy atom. The van der Waals surface area contributed by atoms with E-state index in [9.17, 15) is 4.79 Å². The Bertz CT molecular complexity index is 371. The normalized spacial score (nSPS) is 12.4. The number of amides is 1. The lowest BCUT2D eigenvalue weighted by atomic mass is 9.94. The zero-order chi connectivity index (χ0) is 13.3. The molecule has 94 valence electrons. The van der Waals surface area contributed by atoms with Crippen molar-refractivity contribution in [2.45, 2.75) is 52.6 Å². The third kappa shape index (κ3) is 3.29. The van der Waals surface area contributed by atoms with Crippen LogP contribution in [-0.2, 0) is 0 Å². The SMILES string of the molecule is CC(C)(C)N(C(=O)c1ccncc1)C(C)(C)C. The Kier molecular flexibility index (Phi) is 3.60. The molecule has 0 aromatic carbocycles. The molecule has 0 aliphatic rings. The summed E-state index contributed by atoms with van der Waals surface area (Å²) < 4.78 is 0. The molecule has 0 radical (unpaired) electrons. The summed E-state index contributed by atoms with van der Waals surface area (Å²) in [5.41, 5.74) is 0.266. The Labute approximate surface area is 104 Å². The van der Waals surface area contributed by atoms with Gasteiger partial charge in [-0.15, -0.1) is 0 Å². The largest absolute Gasteiger partial charge is 0.329 e. The predicted octanol–water partition coefficient (Wildman–Crippen LogP) is 3.12. The van der Waals surface area contributed by atoms with Crippen molar-refractivity contribution in [3.8, 4) is 0 Å². The van der Waals surface area contributed by atoms with Crippen LogP contribution in [0.5, 0.6) is 0 Å². The molecule has 3 heteroatoms. The van der Waals surface area contributed by atoms with Gasteiger partial charge in [-0.25, -0.2) is 0 Å². The first kappa shape index (κ1) is 13.7. The fourth-order valence-electron chi connectivity index (χ4n) is 2.24. The fraction of sp³-hybridized carbons (Fsp3) is 0.571. The monoisotopic (exact) mass is 234 g/mol. The van der Waals surface area contributed by atoms with Crippen LogP contribution >= 0.6 is 0 Å². The zero-order valence-electron chi connectivity index (χ0n) is 11.6. The molecule has 1 rings (SSSR count). The van der Waals surface area contributed by atoms with Crippen LogP contribution in [0.4, 0.5) is 0 Å². The van der Waals surface area contributed by atoms with Crippen LogP contribution in [0, 0.1) is 0 Å². The molecule has 0 spiro atoms. The molecular weight excluding hydrogens is 212 g/mol. The number of hydrogen-bond acceptors (Lipinski definition) is 2. The Balaban J connectivity index is 3.14. The third-order valence-corrected chi connectivity index (χ3v) is 2.47. The maximum atomic E-state index is 12.5. The molecule has 0 aliphatic carbocycles. The smallest absolute Gasteiger partial charge is 0.254 e. The van der Waals surface area contributed by atoms with Gasteiger partial charge in [0.05, 0.1) is 0 Å². The minimum Gasteiger partial charge on any atom is -0.329 e. The van der Waals surface area contributed by atoms with Crippen LogP contribution < -0.4 is 0 Å². The molecular formula is C14H22N2O. The highest BCUT2D eigenvalue weighted by Gasteiger charge is 2.35. The molecule has 0 atom stereocenters. The average molecular weight is 234 g/mol. The van der Waals surface area contributed by atoms with Gasteiger partial charge < -0.3 is 4.90 Å². The topological polar surface area (TPSA) is 33.2 Å². The quantitative estimate of drug-likeness (QED) is 0.748. The lowest BCUT2D eigenvalue weighted by Crippen LogP contribution is -2.55. The molecule has 0 saturated carbocycles. The van der Waals surface area contributed by atoms with Crippen molar-refractivity contribution in [3.63, 3.8) is 0 Å². The average Bonchev–Trinajstić information content (AvgIpc) is 2.14. The number of rotatable bonds is 1. The molecule has 0 aliphatic heterocycles. The molecule has 0 N–H and O–H groups in total. The summed E-state index contributed by atoms with van der Waals surface area (Å²) >= 11 is 0. The number of pyridine rings is 1. The van der Waals surface area contributed by atoms with Gasteiger partial charge in [0, 0.05) is 29.0 Å². The summed E-state index contributed by atoms with van der Waals surface area (Å²) in [5, 5.41) is 0. The first-order chi connectivity index (χ1) is 7.64. The van der Waals surface area contributed by atoms with Crippen molar-refractivity contribution in [2.24, 2.45) is 0 Å². The molecule has 1 amide bonds. The lowest BCUT2D eigenvalue weighted by Gasteiger charge is -2.45. The Hall–Kier alpha value is -1.38. The van der Waals surface area contributed by atoms with Crippen LogP contribution in [-0.4, -0.2) is 26.9 Å². The minimum absolute atomic E-state index is 0.0485. The lowest BCUT2D eigenvalue weighted by molar-refractivity contribution is 0.0271. The summed E-state index contributed by atoms with van der Waals surface area (Å²) in [4.78, 5) is 18.4. The van der Waals surface area contributed by atoms with Gasteiger partial charge in [-0.05, 0) is 53.7 Å². The van der Waals surface area contributed by atoms with Crippen LogP contribution in [0.3, 0.4) is 0 Å². The number of aromatic nitrogens is 1.